The van der Waals surface area contributed by atoms with E-state index in [1.54, 1.807) is 0 Å². The van der Waals surface area contributed by atoms with Crippen molar-refractivity contribution >= 4 is 34.9 Å². The molecule has 0 spiro atoms. The number of anilines is 1. The molecule has 6 heteroatoms. The third-order valence-electron chi connectivity index (χ3n) is 2.21. The smallest absolute Gasteiger partial charge is 0.283 e. The van der Waals surface area contributed by atoms with Crippen LogP contribution < -0.4 is 4.90 Å². The molecule has 1 aromatic carbocycles. The average Bonchev–Trinajstić information content (AvgIpc) is 2.52. The summed E-state index contributed by atoms with van der Waals surface area (Å²) in [6.07, 6.45) is 0. The zero-order valence-electron chi connectivity index (χ0n) is 7.87. The Labute approximate surface area is 94.6 Å². The maximum atomic E-state index is 12.9. The number of carbonyl (C=O) groups excluding carboxylic acids is 3. The van der Waals surface area contributed by atoms with Gasteiger partial charge in [-0.25, -0.2) is 9.29 Å². The van der Waals surface area contributed by atoms with Gasteiger partial charge in [-0.1, -0.05) is 0 Å². The number of imide groups is 1. The number of rotatable bonds is 1. The van der Waals surface area contributed by atoms with E-state index in [1.807, 2.05) is 0 Å². The Morgan fingerprint density at radius 3 is 2.69 bits per heavy atom. The molecule has 0 aliphatic carbocycles. The van der Waals surface area contributed by atoms with Gasteiger partial charge in [0.15, 0.2) is 0 Å². The van der Waals surface area contributed by atoms with Gasteiger partial charge in [-0.05, 0) is 18.2 Å². The van der Waals surface area contributed by atoms with E-state index < -0.39 is 29.3 Å². The molecule has 0 saturated carbocycles. The zero-order valence-corrected chi connectivity index (χ0v) is 8.62. The number of halogens is 2. The molecule has 0 bridgehead atoms. The van der Waals surface area contributed by atoms with Crippen LogP contribution in [0.3, 0.4) is 0 Å². The number of fused-ring (bicyclic) bond motifs is 1. The van der Waals surface area contributed by atoms with Gasteiger partial charge in [0.1, 0.15) is 11.7 Å². The van der Waals surface area contributed by atoms with Crippen LogP contribution in [-0.2, 0) is 9.59 Å². The van der Waals surface area contributed by atoms with Gasteiger partial charge in [0, 0.05) is 0 Å². The summed E-state index contributed by atoms with van der Waals surface area (Å²) < 4.78 is 12.9. The third-order valence-corrected chi connectivity index (χ3v) is 2.43. The van der Waals surface area contributed by atoms with Crippen molar-refractivity contribution in [1.82, 2.24) is 0 Å². The summed E-state index contributed by atoms with van der Waals surface area (Å²) >= 11 is 5.31. The van der Waals surface area contributed by atoms with Crippen molar-refractivity contribution in [1.29, 1.82) is 0 Å². The molecule has 0 aromatic heterocycles. The van der Waals surface area contributed by atoms with E-state index >= 15 is 0 Å². The van der Waals surface area contributed by atoms with Crippen LogP contribution in [0.2, 0.25) is 0 Å². The summed E-state index contributed by atoms with van der Waals surface area (Å²) in [7, 11) is 0. The van der Waals surface area contributed by atoms with Crippen molar-refractivity contribution in [2.24, 2.45) is 0 Å². The fraction of sp³-hybridized carbons (Fsp3) is 0.100. The molecule has 0 atom stereocenters. The van der Waals surface area contributed by atoms with Crippen molar-refractivity contribution in [3.63, 3.8) is 0 Å². The molecule has 4 nitrogen and oxygen atoms in total. The standard InChI is InChI=1S/C10H5ClFNO3/c11-4-8(14)13-7-2-1-5(12)3-6(7)9(15)10(13)16/h1-3H,4H2. The lowest BCUT2D eigenvalue weighted by Gasteiger charge is -2.12. The summed E-state index contributed by atoms with van der Waals surface area (Å²) in [6, 6.07) is 3.20. The van der Waals surface area contributed by atoms with E-state index in [-0.39, 0.29) is 11.3 Å². The van der Waals surface area contributed by atoms with Crippen LogP contribution in [0.25, 0.3) is 0 Å². The van der Waals surface area contributed by atoms with Gasteiger partial charge in [-0.2, -0.15) is 0 Å². The maximum absolute atomic E-state index is 12.9. The summed E-state index contributed by atoms with van der Waals surface area (Å²) in [6.45, 7) is 0. The van der Waals surface area contributed by atoms with Crippen LogP contribution in [0.5, 0.6) is 0 Å². The topological polar surface area (TPSA) is 54.5 Å². The second-order valence-electron chi connectivity index (χ2n) is 3.16. The van der Waals surface area contributed by atoms with Gasteiger partial charge < -0.3 is 0 Å². The first-order chi connectivity index (χ1) is 7.56. The first-order valence-corrected chi connectivity index (χ1v) is 4.87. The van der Waals surface area contributed by atoms with Crippen LogP contribution in [0.15, 0.2) is 18.2 Å². The molecule has 2 rings (SSSR count). The lowest BCUT2D eigenvalue weighted by Crippen LogP contribution is -2.36. The second-order valence-corrected chi connectivity index (χ2v) is 3.43. The summed E-state index contributed by atoms with van der Waals surface area (Å²) in [5.74, 6) is -3.65. The van der Waals surface area contributed by atoms with E-state index in [0.29, 0.717) is 4.90 Å². The molecule has 1 aliphatic heterocycles. The van der Waals surface area contributed by atoms with E-state index in [4.69, 9.17) is 11.6 Å². The molecule has 0 saturated heterocycles. The second kappa shape index (κ2) is 3.68. The molecule has 0 radical (unpaired) electrons. The maximum Gasteiger partial charge on any atom is 0.306 e. The minimum Gasteiger partial charge on any atom is -0.283 e. The molecule has 82 valence electrons. The molecule has 0 N–H and O–H groups in total. The first-order valence-electron chi connectivity index (χ1n) is 4.33. The van der Waals surface area contributed by atoms with E-state index in [0.717, 1.165) is 12.1 Å². The van der Waals surface area contributed by atoms with Gasteiger partial charge >= 0.3 is 5.91 Å². The molecule has 0 fully saturated rings. The van der Waals surface area contributed by atoms with Gasteiger partial charge in [0.2, 0.25) is 5.91 Å². The highest BCUT2D eigenvalue weighted by molar-refractivity contribution is 6.57. The Balaban J connectivity index is 2.58. The molecule has 2 amide bonds. The number of amides is 2. The molecule has 1 aliphatic rings. The largest absolute Gasteiger partial charge is 0.306 e. The SMILES string of the molecule is O=C1C(=O)N(C(=O)CCl)c2ccc(F)cc21. The summed E-state index contributed by atoms with van der Waals surface area (Å²) in [5, 5.41) is 0. The number of carbonyl (C=O) groups is 3. The van der Waals surface area contributed by atoms with Crippen LogP contribution in [0.4, 0.5) is 10.1 Å². The van der Waals surface area contributed by atoms with Crippen LogP contribution in [-0.4, -0.2) is 23.5 Å². The Bertz CT molecular complexity index is 515. The predicted octanol–water partition coefficient (Wildman–Crippen LogP) is 1.12. The predicted molar refractivity (Wildman–Crippen MR) is 53.9 cm³/mol. The van der Waals surface area contributed by atoms with Crippen LogP contribution in [0, 0.1) is 5.82 Å². The molecule has 16 heavy (non-hydrogen) atoms. The Morgan fingerprint density at radius 1 is 1.38 bits per heavy atom. The fourth-order valence-electron chi connectivity index (χ4n) is 1.52. The Morgan fingerprint density at radius 2 is 2.06 bits per heavy atom. The Hall–Kier alpha value is -1.75. The van der Waals surface area contributed by atoms with Crippen LogP contribution >= 0.6 is 11.6 Å². The van der Waals surface area contributed by atoms with Crippen molar-refractivity contribution in [3.05, 3.63) is 29.6 Å². The monoisotopic (exact) mass is 241 g/mol. The number of hydrogen-bond acceptors (Lipinski definition) is 3. The quantitative estimate of drug-likeness (QED) is 0.547. The number of nitrogens with zero attached hydrogens (tertiary/aromatic N) is 1. The first kappa shape index (κ1) is 10.8. The highest BCUT2D eigenvalue weighted by Gasteiger charge is 2.39. The number of Topliss-reactive ketones (excluding diaryl/α,β-unsaturated/α-hetero) is 1. The normalized spacial score (nSPS) is 14.2. The number of alkyl halides is 1. The lowest BCUT2D eigenvalue weighted by atomic mass is 10.1. The van der Waals surface area contributed by atoms with Crippen molar-refractivity contribution < 1.29 is 18.8 Å². The number of benzene rings is 1. The van der Waals surface area contributed by atoms with Crippen molar-refractivity contribution in [2.45, 2.75) is 0 Å². The zero-order chi connectivity index (χ0) is 11.9. The van der Waals surface area contributed by atoms with Crippen molar-refractivity contribution in [2.75, 3.05) is 10.8 Å². The summed E-state index contributed by atoms with van der Waals surface area (Å²) in [5.41, 5.74) is -0.0227. The minimum atomic E-state index is -0.994. The number of hydrogen-bond donors (Lipinski definition) is 0. The van der Waals surface area contributed by atoms with Gasteiger partial charge in [-0.15, -0.1) is 11.6 Å². The number of ketones is 1. The highest BCUT2D eigenvalue weighted by Crippen LogP contribution is 2.29. The average molecular weight is 242 g/mol. The fourth-order valence-corrected chi connectivity index (χ4v) is 1.64. The van der Waals surface area contributed by atoms with E-state index in [1.165, 1.54) is 6.07 Å². The molecular formula is C10H5ClFNO3. The van der Waals surface area contributed by atoms with E-state index in [2.05, 4.69) is 0 Å². The molecular weight excluding hydrogens is 237 g/mol. The lowest BCUT2D eigenvalue weighted by molar-refractivity contribution is -0.122. The molecule has 0 unspecified atom stereocenters. The van der Waals surface area contributed by atoms with Crippen molar-refractivity contribution in [3.8, 4) is 0 Å². The van der Waals surface area contributed by atoms with E-state index in [9.17, 15) is 18.8 Å². The van der Waals surface area contributed by atoms with Gasteiger partial charge in [0.25, 0.3) is 5.78 Å². The Kier molecular flexibility index (Phi) is 2.47. The van der Waals surface area contributed by atoms with Gasteiger partial charge in [0.05, 0.1) is 11.3 Å². The highest BCUT2D eigenvalue weighted by atomic mass is 35.5. The van der Waals surface area contributed by atoms with Crippen LogP contribution in [0.1, 0.15) is 10.4 Å². The third kappa shape index (κ3) is 1.40. The summed E-state index contributed by atoms with van der Waals surface area (Å²) in [4.78, 5) is 34.9. The minimum absolute atomic E-state index is 0.0852. The van der Waals surface area contributed by atoms with Gasteiger partial charge in [-0.3, -0.25) is 14.4 Å². The molecule has 1 heterocycles. The molecule has 1 aromatic rings.